The van der Waals surface area contributed by atoms with E-state index >= 15 is 0 Å². The molecule has 0 saturated carbocycles. The number of fused-ring (bicyclic) bond motifs is 1. The molecule has 19 heavy (non-hydrogen) atoms. The van der Waals surface area contributed by atoms with Crippen LogP contribution in [0.1, 0.15) is 11.5 Å². The summed E-state index contributed by atoms with van der Waals surface area (Å²) < 4.78 is 0. The number of thiol groups is 1. The van der Waals surface area contributed by atoms with Crippen molar-refractivity contribution in [2.75, 3.05) is 0 Å². The molecule has 0 atom stereocenters. The first-order valence-electron chi connectivity index (χ1n) is 6.21. The molecule has 0 bridgehead atoms. The Morgan fingerprint density at radius 3 is 2.53 bits per heavy atom. The van der Waals surface area contributed by atoms with Gasteiger partial charge in [-0.1, -0.05) is 36.4 Å². The summed E-state index contributed by atoms with van der Waals surface area (Å²) in [6, 6.07) is 16.7. The molecule has 3 rings (SSSR count). The summed E-state index contributed by atoms with van der Waals surface area (Å²) in [7, 11) is 0. The summed E-state index contributed by atoms with van der Waals surface area (Å²) in [6.07, 6.45) is 0. The molecule has 0 unspecified atom stereocenters. The van der Waals surface area contributed by atoms with Gasteiger partial charge in [-0.05, 0) is 29.8 Å². The highest BCUT2D eigenvalue weighted by atomic mass is 32.1. The highest BCUT2D eigenvalue weighted by molar-refractivity contribution is 7.79. The van der Waals surface area contributed by atoms with Crippen molar-refractivity contribution in [2.45, 2.75) is 12.7 Å². The lowest BCUT2D eigenvalue weighted by Crippen LogP contribution is -1.96. The predicted molar refractivity (Wildman–Crippen MR) is 82.4 cm³/mol. The first kappa shape index (κ1) is 12.2. The normalized spacial score (nSPS) is 10.8. The molecular formula is C16H14N2S. The Hall–Kier alpha value is -1.87. The molecule has 0 N–H and O–H groups in total. The molecule has 0 aliphatic heterocycles. The van der Waals surface area contributed by atoms with Crippen LogP contribution in [0.4, 0.5) is 0 Å². The van der Waals surface area contributed by atoms with E-state index in [0.717, 1.165) is 22.8 Å². The molecule has 0 saturated heterocycles. The fourth-order valence-corrected chi connectivity index (χ4v) is 2.34. The Bertz CT molecular complexity index is 738. The lowest BCUT2D eigenvalue weighted by atomic mass is 10.0. The number of nitrogens with zero attached hydrogens (tertiary/aromatic N) is 2. The fourth-order valence-electron chi connectivity index (χ4n) is 2.20. The third kappa shape index (κ3) is 2.47. The Morgan fingerprint density at radius 2 is 1.74 bits per heavy atom. The average molecular weight is 266 g/mol. The van der Waals surface area contributed by atoms with Crippen LogP contribution in [-0.2, 0) is 5.75 Å². The summed E-state index contributed by atoms with van der Waals surface area (Å²) in [5.74, 6) is 1.33. The van der Waals surface area contributed by atoms with E-state index in [1.807, 2.05) is 13.0 Å². The summed E-state index contributed by atoms with van der Waals surface area (Å²) in [6.45, 7) is 1.99. The number of aryl methyl sites for hydroxylation is 1. The SMILES string of the molecule is Cc1cc(-c2ccc3ccccc3c2)nc(CS)n1. The van der Waals surface area contributed by atoms with Crippen LogP contribution in [0, 0.1) is 6.92 Å². The highest BCUT2D eigenvalue weighted by Crippen LogP contribution is 2.23. The molecule has 0 fully saturated rings. The van der Waals surface area contributed by atoms with Crippen LogP contribution in [0.3, 0.4) is 0 Å². The molecule has 0 aliphatic rings. The first-order valence-corrected chi connectivity index (χ1v) is 6.84. The van der Waals surface area contributed by atoms with Crippen molar-refractivity contribution in [1.29, 1.82) is 0 Å². The lowest BCUT2D eigenvalue weighted by Gasteiger charge is -2.06. The Kier molecular flexibility index (Phi) is 3.22. The van der Waals surface area contributed by atoms with Crippen LogP contribution in [0.2, 0.25) is 0 Å². The van der Waals surface area contributed by atoms with E-state index in [0.29, 0.717) is 5.75 Å². The van der Waals surface area contributed by atoms with Crippen LogP contribution < -0.4 is 0 Å². The second-order valence-corrected chi connectivity index (χ2v) is 4.85. The smallest absolute Gasteiger partial charge is 0.138 e. The van der Waals surface area contributed by atoms with Gasteiger partial charge in [0.2, 0.25) is 0 Å². The van der Waals surface area contributed by atoms with Crippen molar-refractivity contribution in [2.24, 2.45) is 0 Å². The standard InChI is InChI=1S/C16H14N2S/c1-11-8-15(18-16(10-19)17-11)14-7-6-12-4-2-3-5-13(12)9-14/h2-9,19H,10H2,1H3. The minimum Gasteiger partial charge on any atom is -0.237 e. The van der Waals surface area contributed by atoms with Gasteiger partial charge >= 0.3 is 0 Å². The van der Waals surface area contributed by atoms with Crippen molar-refractivity contribution >= 4 is 23.4 Å². The van der Waals surface area contributed by atoms with E-state index in [2.05, 4.69) is 65.1 Å². The van der Waals surface area contributed by atoms with Crippen molar-refractivity contribution < 1.29 is 0 Å². The quantitative estimate of drug-likeness (QED) is 0.708. The maximum atomic E-state index is 4.54. The minimum atomic E-state index is 0.558. The van der Waals surface area contributed by atoms with Crippen LogP contribution >= 0.6 is 12.6 Å². The second kappa shape index (κ2) is 5.02. The van der Waals surface area contributed by atoms with Crippen LogP contribution in [0.25, 0.3) is 22.0 Å². The molecule has 0 radical (unpaired) electrons. The fraction of sp³-hybridized carbons (Fsp3) is 0.125. The Labute approximate surface area is 117 Å². The second-order valence-electron chi connectivity index (χ2n) is 4.53. The molecule has 0 spiro atoms. The molecule has 1 aromatic heterocycles. The van der Waals surface area contributed by atoms with Crippen LogP contribution in [0.15, 0.2) is 48.5 Å². The summed E-state index contributed by atoms with van der Waals surface area (Å²) in [5, 5.41) is 2.47. The van der Waals surface area contributed by atoms with Crippen molar-refractivity contribution in [3.05, 3.63) is 60.0 Å². The van der Waals surface area contributed by atoms with Crippen molar-refractivity contribution in [1.82, 2.24) is 9.97 Å². The van der Waals surface area contributed by atoms with Gasteiger partial charge in [0.05, 0.1) is 11.4 Å². The van der Waals surface area contributed by atoms with Gasteiger partial charge in [-0.25, -0.2) is 9.97 Å². The van der Waals surface area contributed by atoms with Crippen molar-refractivity contribution in [3.8, 4) is 11.3 Å². The summed E-state index contributed by atoms with van der Waals surface area (Å²) in [4.78, 5) is 8.89. The zero-order valence-electron chi connectivity index (χ0n) is 10.7. The van der Waals surface area contributed by atoms with E-state index in [1.165, 1.54) is 10.8 Å². The maximum absolute atomic E-state index is 4.54. The number of benzene rings is 2. The molecule has 2 aromatic carbocycles. The van der Waals surface area contributed by atoms with Gasteiger partial charge in [0.25, 0.3) is 0 Å². The summed E-state index contributed by atoms with van der Waals surface area (Å²) >= 11 is 4.25. The molecule has 3 aromatic rings. The molecule has 0 aliphatic carbocycles. The maximum Gasteiger partial charge on any atom is 0.138 e. The van der Waals surface area contributed by atoms with Gasteiger partial charge < -0.3 is 0 Å². The predicted octanol–water partition coefficient (Wildman–Crippen LogP) is 4.04. The largest absolute Gasteiger partial charge is 0.237 e. The van der Waals surface area contributed by atoms with Crippen molar-refractivity contribution in [3.63, 3.8) is 0 Å². The topological polar surface area (TPSA) is 25.8 Å². The molecule has 1 heterocycles. The molecule has 3 heteroatoms. The molecular weight excluding hydrogens is 252 g/mol. The lowest BCUT2D eigenvalue weighted by molar-refractivity contribution is 1.00. The van der Waals surface area contributed by atoms with Gasteiger partial charge in [-0.3, -0.25) is 0 Å². The third-order valence-electron chi connectivity index (χ3n) is 3.09. The Morgan fingerprint density at radius 1 is 0.947 bits per heavy atom. The zero-order chi connectivity index (χ0) is 13.2. The number of hydrogen-bond donors (Lipinski definition) is 1. The van der Waals surface area contributed by atoms with Gasteiger partial charge in [-0.2, -0.15) is 12.6 Å². The van der Waals surface area contributed by atoms with Crippen LogP contribution in [-0.4, -0.2) is 9.97 Å². The first-order chi connectivity index (χ1) is 9.26. The van der Waals surface area contributed by atoms with Crippen LogP contribution in [0.5, 0.6) is 0 Å². The Balaban J connectivity index is 2.15. The van der Waals surface area contributed by atoms with E-state index in [4.69, 9.17) is 0 Å². The average Bonchev–Trinajstić information content (AvgIpc) is 2.46. The highest BCUT2D eigenvalue weighted by Gasteiger charge is 2.04. The van der Waals surface area contributed by atoms with E-state index in [9.17, 15) is 0 Å². The third-order valence-corrected chi connectivity index (χ3v) is 3.37. The number of aromatic nitrogens is 2. The van der Waals surface area contributed by atoms with Gasteiger partial charge in [0.15, 0.2) is 0 Å². The van der Waals surface area contributed by atoms with Gasteiger partial charge in [0.1, 0.15) is 5.82 Å². The number of rotatable bonds is 2. The van der Waals surface area contributed by atoms with E-state index in [1.54, 1.807) is 0 Å². The van der Waals surface area contributed by atoms with E-state index in [-0.39, 0.29) is 0 Å². The van der Waals surface area contributed by atoms with E-state index < -0.39 is 0 Å². The number of hydrogen-bond acceptors (Lipinski definition) is 3. The zero-order valence-corrected chi connectivity index (χ0v) is 11.6. The molecule has 0 amide bonds. The minimum absolute atomic E-state index is 0.558. The van der Waals surface area contributed by atoms with Gasteiger partial charge in [0, 0.05) is 11.3 Å². The monoisotopic (exact) mass is 266 g/mol. The molecule has 94 valence electrons. The molecule has 2 nitrogen and oxygen atoms in total. The van der Waals surface area contributed by atoms with Gasteiger partial charge in [-0.15, -0.1) is 0 Å². The summed E-state index contributed by atoms with van der Waals surface area (Å²) in [5.41, 5.74) is 3.05.